The van der Waals surface area contributed by atoms with Crippen molar-refractivity contribution in [3.8, 4) is 11.5 Å². The van der Waals surface area contributed by atoms with Crippen LogP contribution in [-0.2, 0) is 0 Å². The monoisotopic (exact) mass is 165 g/mol. The molecule has 1 aliphatic rings. The summed E-state index contributed by atoms with van der Waals surface area (Å²) in [4.78, 5) is 0. The molecular weight excluding hydrogens is 154 g/mol. The molecule has 3 heteroatoms. The van der Waals surface area contributed by atoms with Gasteiger partial charge in [-0.3, -0.25) is 0 Å². The van der Waals surface area contributed by atoms with E-state index in [0.717, 1.165) is 16.9 Å². The Balaban J connectivity index is 2.60. The average Bonchev–Trinajstić information content (AvgIpc) is 2.41. The summed E-state index contributed by atoms with van der Waals surface area (Å²) in [6.45, 7) is 2.34. The maximum atomic E-state index is 9.35. The number of aromatic hydroxyl groups is 1. The summed E-state index contributed by atoms with van der Waals surface area (Å²) >= 11 is 0. The molecule has 3 nitrogen and oxygen atoms in total. The molecule has 0 bridgehead atoms. The maximum Gasteiger partial charge on any atom is 0.130 e. The van der Waals surface area contributed by atoms with E-state index in [9.17, 15) is 5.11 Å². The Kier molecular flexibility index (Phi) is 1.48. The fourth-order valence-corrected chi connectivity index (χ4v) is 1.45. The van der Waals surface area contributed by atoms with Gasteiger partial charge in [0.25, 0.3) is 0 Å². The van der Waals surface area contributed by atoms with Gasteiger partial charge in [-0.25, -0.2) is 0 Å². The molecule has 3 N–H and O–H groups in total. The van der Waals surface area contributed by atoms with E-state index in [0.29, 0.717) is 6.61 Å². The topological polar surface area (TPSA) is 55.5 Å². The molecule has 64 valence electrons. The molecule has 0 spiro atoms. The molecular formula is C9H11NO2. The molecule has 0 aromatic heterocycles. The Morgan fingerprint density at radius 3 is 3.08 bits per heavy atom. The molecule has 0 saturated carbocycles. The quantitative estimate of drug-likeness (QED) is 0.605. The summed E-state index contributed by atoms with van der Waals surface area (Å²) in [5.41, 5.74) is 7.53. The second-order valence-electron chi connectivity index (χ2n) is 3.05. The molecule has 0 saturated heterocycles. The highest BCUT2D eigenvalue weighted by molar-refractivity contribution is 5.51. The van der Waals surface area contributed by atoms with E-state index in [2.05, 4.69) is 0 Å². The predicted molar refractivity (Wildman–Crippen MR) is 45.3 cm³/mol. The second-order valence-corrected chi connectivity index (χ2v) is 3.05. The van der Waals surface area contributed by atoms with Crippen LogP contribution in [0.15, 0.2) is 12.1 Å². The zero-order valence-electron chi connectivity index (χ0n) is 6.87. The normalized spacial score (nSPS) is 20.3. The van der Waals surface area contributed by atoms with Gasteiger partial charge < -0.3 is 15.6 Å². The molecule has 1 atom stereocenters. The molecule has 2 rings (SSSR count). The first-order valence-electron chi connectivity index (χ1n) is 3.91. The van der Waals surface area contributed by atoms with Crippen molar-refractivity contribution in [1.29, 1.82) is 0 Å². The van der Waals surface area contributed by atoms with E-state index in [1.807, 2.05) is 13.0 Å². The van der Waals surface area contributed by atoms with E-state index in [1.165, 1.54) is 0 Å². The summed E-state index contributed by atoms with van der Waals surface area (Å²) < 4.78 is 5.34. The maximum absolute atomic E-state index is 9.35. The number of benzene rings is 1. The standard InChI is InChI=1S/C9H11NO2/c1-5-8(11)3-2-6-7(10)4-12-9(5)6/h2-3,7,11H,4,10H2,1H3/t7-/m1/s1. The van der Waals surface area contributed by atoms with Crippen LogP contribution in [0.1, 0.15) is 17.2 Å². The number of rotatable bonds is 0. The van der Waals surface area contributed by atoms with Crippen molar-refractivity contribution < 1.29 is 9.84 Å². The highest BCUT2D eigenvalue weighted by Gasteiger charge is 2.23. The highest BCUT2D eigenvalue weighted by Crippen LogP contribution is 2.37. The molecule has 0 radical (unpaired) electrons. The first-order chi connectivity index (χ1) is 5.70. The van der Waals surface area contributed by atoms with Gasteiger partial charge in [0.1, 0.15) is 18.1 Å². The van der Waals surface area contributed by atoms with E-state index in [4.69, 9.17) is 10.5 Å². The minimum atomic E-state index is -0.0423. The van der Waals surface area contributed by atoms with Crippen LogP contribution in [0.4, 0.5) is 0 Å². The van der Waals surface area contributed by atoms with Crippen LogP contribution in [-0.4, -0.2) is 11.7 Å². The van der Waals surface area contributed by atoms with Gasteiger partial charge in [-0.15, -0.1) is 0 Å². The second kappa shape index (κ2) is 2.38. The van der Waals surface area contributed by atoms with Crippen molar-refractivity contribution in [2.45, 2.75) is 13.0 Å². The number of phenols is 1. The Bertz CT molecular complexity index is 323. The van der Waals surface area contributed by atoms with E-state index < -0.39 is 0 Å². The molecule has 0 fully saturated rings. The fourth-order valence-electron chi connectivity index (χ4n) is 1.45. The molecule has 0 aliphatic carbocycles. The number of ether oxygens (including phenoxy) is 1. The Morgan fingerprint density at radius 1 is 1.58 bits per heavy atom. The van der Waals surface area contributed by atoms with Gasteiger partial charge in [-0.05, 0) is 19.1 Å². The van der Waals surface area contributed by atoms with Crippen molar-refractivity contribution in [2.24, 2.45) is 5.73 Å². The summed E-state index contributed by atoms with van der Waals surface area (Å²) in [7, 11) is 0. The zero-order valence-corrected chi connectivity index (χ0v) is 6.87. The lowest BCUT2D eigenvalue weighted by atomic mass is 10.1. The van der Waals surface area contributed by atoms with Crippen LogP contribution in [0.25, 0.3) is 0 Å². The Labute approximate surface area is 70.8 Å². The molecule has 1 heterocycles. The number of hydrogen-bond acceptors (Lipinski definition) is 3. The van der Waals surface area contributed by atoms with Crippen molar-refractivity contribution >= 4 is 0 Å². The first-order valence-corrected chi connectivity index (χ1v) is 3.91. The summed E-state index contributed by atoms with van der Waals surface area (Å²) in [6.07, 6.45) is 0. The summed E-state index contributed by atoms with van der Waals surface area (Å²) in [6, 6.07) is 3.43. The lowest BCUT2D eigenvalue weighted by Gasteiger charge is -2.04. The van der Waals surface area contributed by atoms with E-state index in [1.54, 1.807) is 6.07 Å². The predicted octanol–water partition coefficient (Wildman–Crippen LogP) is 1.09. The zero-order chi connectivity index (χ0) is 8.72. The Morgan fingerprint density at radius 2 is 2.33 bits per heavy atom. The number of phenolic OH excluding ortho intramolecular Hbond substituents is 1. The first kappa shape index (κ1) is 7.43. The third kappa shape index (κ3) is 0.865. The molecule has 0 unspecified atom stereocenters. The highest BCUT2D eigenvalue weighted by atomic mass is 16.5. The van der Waals surface area contributed by atoms with Crippen molar-refractivity contribution in [3.05, 3.63) is 23.3 Å². The van der Waals surface area contributed by atoms with Crippen molar-refractivity contribution in [3.63, 3.8) is 0 Å². The minimum Gasteiger partial charge on any atom is -0.508 e. The van der Waals surface area contributed by atoms with E-state index in [-0.39, 0.29) is 11.8 Å². The van der Waals surface area contributed by atoms with Gasteiger partial charge in [0.15, 0.2) is 0 Å². The number of hydrogen-bond donors (Lipinski definition) is 2. The molecule has 1 aliphatic heterocycles. The number of nitrogens with two attached hydrogens (primary N) is 1. The van der Waals surface area contributed by atoms with Crippen LogP contribution >= 0.6 is 0 Å². The van der Waals surface area contributed by atoms with Crippen LogP contribution < -0.4 is 10.5 Å². The molecule has 1 aromatic carbocycles. The van der Waals surface area contributed by atoms with Gasteiger partial charge >= 0.3 is 0 Å². The van der Waals surface area contributed by atoms with E-state index >= 15 is 0 Å². The molecule has 0 amide bonds. The molecule has 1 aromatic rings. The average molecular weight is 165 g/mol. The molecule has 12 heavy (non-hydrogen) atoms. The number of fused-ring (bicyclic) bond motifs is 1. The minimum absolute atomic E-state index is 0.0423. The third-order valence-electron chi connectivity index (χ3n) is 2.21. The lowest BCUT2D eigenvalue weighted by molar-refractivity contribution is 0.329. The van der Waals surface area contributed by atoms with Crippen molar-refractivity contribution in [1.82, 2.24) is 0 Å². The Hall–Kier alpha value is -1.22. The fraction of sp³-hybridized carbons (Fsp3) is 0.333. The van der Waals surface area contributed by atoms with Crippen molar-refractivity contribution in [2.75, 3.05) is 6.61 Å². The summed E-state index contributed by atoms with van der Waals surface area (Å²) in [5, 5.41) is 9.35. The third-order valence-corrected chi connectivity index (χ3v) is 2.21. The largest absolute Gasteiger partial charge is 0.508 e. The lowest BCUT2D eigenvalue weighted by Crippen LogP contribution is -2.10. The van der Waals surface area contributed by atoms with Gasteiger partial charge in [0, 0.05) is 11.1 Å². The van der Waals surface area contributed by atoms with Crippen LogP contribution in [0.2, 0.25) is 0 Å². The SMILES string of the molecule is Cc1c(O)ccc2c1OC[C@H]2N. The van der Waals surface area contributed by atoms with Gasteiger partial charge in [-0.2, -0.15) is 0 Å². The van der Waals surface area contributed by atoms with Gasteiger partial charge in [0.2, 0.25) is 0 Å². The smallest absolute Gasteiger partial charge is 0.130 e. The van der Waals surface area contributed by atoms with Gasteiger partial charge in [-0.1, -0.05) is 0 Å². The van der Waals surface area contributed by atoms with Crippen LogP contribution in [0.3, 0.4) is 0 Å². The van der Waals surface area contributed by atoms with Crippen LogP contribution in [0, 0.1) is 6.92 Å². The van der Waals surface area contributed by atoms with Crippen LogP contribution in [0.5, 0.6) is 11.5 Å². The van der Waals surface area contributed by atoms with Gasteiger partial charge in [0.05, 0.1) is 6.04 Å². The summed E-state index contributed by atoms with van der Waals surface area (Å²) in [5.74, 6) is 1.02.